The van der Waals surface area contributed by atoms with Crippen molar-refractivity contribution in [3.63, 3.8) is 0 Å². The molecule has 2 N–H and O–H groups in total. The van der Waals surface area contributed by atoms with Gasteiger partial charge < -0.3 is 9.59 Å². The summed E-state index contributed by atoms with van der Waals surface area (Å²) in [6.07, 6.45) is -5.51. The highest BCUT2D eigenvalue weighted by Crippen LogP contribution is 2.24. The molecule has 0 saturated heterocycles. The fourth-order valence-electron chi connectivity index (χ4n) is 1.17. The first kappa shape index (κ1) is 12.2. The molecular formula is C9H11F3O2Si. The van der Waals surface area contributed by atoms with Gasteiger partial charge in [-0.1, -0.05) is 30.3 Å². The predicted molar refractivity (Wildman–Crippen MR) is 51.7 cm³/mol. The highest BCUT2D eigenvalue weighted by Gasteiger charge is 2.37. The molecule has 2 nitrogen and oxygen atoms in total. The zero-order valence-corrected chi connectivity index (χ0v) is 8.83. The van der Waals surface area contributed by atoms with Gasteiger partial charge in [0.1, 0.15) is 0 Å². The van der Waals surface area contributed by atoms with Crippen molar-refractivity contribution in [3.8, 4) is 0 Å². The van der Waals surface area contributed by atoms with E-state index in [1.165, 1.54) is 12.1 Å². The lowest BCUT2D eigenvalue weighted by atomic mass is 10.4. The zero-order valence-electron chi connectivity index (χ0n) is 7.83. The molecule has 0 bridgehead atoms. The first-order chi connectivity index (χ1) is 6.81. The first-order valence-electron chi connectivity index (χ1n) is 4.38. The van der Waals surface area contributed by atoms with Gasteiger partial charge in [-0.25, -0.2) is 0 Å². The lowest BCUT2D eigenvalue weighted by Gasteiger charge is -2.18. The Morgan fingerprint density at radius 3 is 2.07 bits per heavy atom. The van der Waals surface area contributed by atoms with E-state index in [2.05, 4.69) is 0 Å². The van der Waals surface area contributed by atoms with E-state index in [-0.39, 0.29) is 5.19 Å². The van der Waals surface area contributed by atoms with Gasteiger partial charge in [0.05, 0.1) is 0 Å². The Balaban J connectivity index is 2.68. The monoisotopic (exact) mass is 236 g/mol. The first-order valence-corrected chi connectivity index (χ1v) is 6.48. The van der Waals surface area contributed by atoms with Crippen LogP contribution in [0.25, 0.3) is 0 Å². The number of rotatable bonds is 3. The molecule has 0 saturated carbocycles. The normalized spacial score (nSPS) is 12.9. The van der Waals surface area contributed by atoms with Gasteiger partial charge in [0, 0.05) is 12.5 Å². The van der Waals surface area contributed by atoms with Crippen LogP contribution in [-0.2, 0) is 0 Å². The Kier molecular flexibility index (Phi) is 3.53. The summed E-state index contributed by atoms with van der Waals surface area (Å²) in [6.45, 7) is 0. The summed E-state index contributed by atoms with van der Waals surface area (Å²) >= 11 is 0. The van der Waals surface area contributed by atoms with Crippen molar-refractivity contribution in [2.45, 2.75) is 18.6 Å². The minimum Gasteiger partial charge on any atom is -0.407 e. The van der Waals surface area contributed by atoms with Crippen molar-refractivity contribution in [2.75, 3.05) is 0 Å². The van der Waals surface area contributed by atoms with Crippen LogP contribution in [-0.4, -0.2) is 24.3 Å². The van der Waals surface area contributed by atoms with E-state index in [0.29, 0.717) is 0 Å². The van der Waals surface area contributed by atoms with E-state index in [4.69, 9.17) is 0 Å². The second-order valence-electron chi connectivity index (χ2n) is 3.30. The van der Waals surface area contributed by atoms with Crippen LogP contribution in [0, 0.1) is 0 Å². The molecule has 0 atom stereocenters. The van der Waals surface area contributed by atoms with Gasteiger partial charge in [0.2, 0.25) is 0 Å². The van der Waals surface area contributed by atoms with Crippen molar-refractivity contribution in [2.24, 2.45) is 0 Å². The van der Waals surface area contributed by atoms with Crippen LogP contribution in [0.3, 0.4) is 0 Å². The summed E-state index contributed by atoms with van der Waals surface area (Å²) in [5, 5.41) is 0.203. The summed E-state index contributed by atoms with van der Waals surface area (Å²) < 4.78 is 35.7. The van der Waals surface area contributed by atoms with Gasteiger partial charge in [-0.3, -0.25) is 0 Å². The molecule has 84 valence electrons. The van der Waals surface area contributed by atoms with Gasteiger partial charge >= 0.3 is 14.7 Å². The minimum absolute atomic E-state index is 0.203. The summed E-state index contributed by atoms with van der Waals surface area (Å²) in [6, 6.07) is 7.04. The summed E-state index contributed by atoms with van der Waals surface area (Å²) in [4.78, 5) is 19.1. The fourth-order valence-corrected chi connectivity index (χ4v) is 2.81. The molecule has 0 fully saturated rings. The van der Waals surface area contributed by atoms with Crippen LogP contribution >= 0.6 is 0 Å². The highest BCUT2D eigenvalue weighted by atomic mass is 28.4. The maximum absolute atomic E-state index is 11.9. The molecule has 0 spiro atoms. The molecule has 0 aliphatic rings. The second kappa shape index (κ2) is 4.34. The summed E-state index contributed by atoms with van der Waals surface area (Å²) in [5.74, 6) is 0. The largest absolute Gasteiger partial charge is 0.407 e. The van der Waals surface area contributed by atoms with Crippen molar-refractivity contribution < 1.29 is 22.8 Å². The molecule has 0 aliphatic heterocycles. The molecule has 1 aromatic carbocycles. The number of hydrogen-bond donors (Lipinski definition) is 2. The maximum atomic E-state index is 11.9. The van der Waals surface area contributed by atoms with Crippen molar-refractivity contribution in [1.29, 1.82) is 0 Å². The standard InChI is InChI=1S/C9H11F3O2Si/c10-9(11,12)6-7-15(13,14)8-4-2-1-3-5-8/h1-5,13-14H,6-7H2. The zero-order chi connectivity index (χ0) is 11.5. The molecule has 0 aromatic heterocycles. The van der Waals surface area contributed by atoms with E-state index in [1.807, 2.05) is 0 Å². The maximum Gasteiger partial charge on any atom is 0.389 e. The third kappa shape index (κ3) is 4.02. The van der Waals surface area contributed by atoms with Crippen LogP contribution in [0.15, 0.2) is 30.3 Å². The molecule has 0 radical (unpaired) electrons. The molecule has 15 heavy (non-hydrogen) atoms. The van der Waals surface area contributed by atoms with Gasteiger partial charge in [-0.15, -0.1) is 0 Å². The molecule has 1 rings (SSSR count). The third-order valence-electron chi connectivity index (χ3n) is 1.99. The molecular weight excluding hydrogens is 225 g/mol. The van der Waals surface area contributed by atoms with E-state index in [1.54, 1.807) is 18.2 Å². The van der Waals surface area contributed by atoms with Crippen molar-refractivity contribution in [3.05, 3.63) is 30.3 Å². The number of hydrogen-bond acceptors (Lipinski definition) is 2. The Labute approximate surface area is 86.2 Å². The van der Waals surface area contributed by atoms with E-state index < -0.39 is 27.2 Å². The van der Waals surface area contributed by atoms with E-state index >= 15 is 0 Å². The SMILES string of the molecule is O[Si](O)(CCC(F)(F)F)c1ccccc1. The van der Waals surface area contributed by atoms with E-state index in [0.717, 1.165) is 0 Å². The predicted octanol–water partition coefficient (Wildman–Crippen LogP) is 1.27. The lowest BCUT2D eigenvalue weighted by Crippen LogP contribution is -2.48. The Morgan fingerprint density at radius 2 is 1.60 bits per heavy atom. The number of halogens is 3. The van der Waals surface area contributed by atoms with Gasteiger partial charge in [-0.2, -0.15) is 13.2 Å². The van der Waals surface area contributed by atoms with Gasteiger partial charge in [0.25, 0.3) is 0 Å². The van der Waals surface area contributed by atoms with Crippen LogP contribution in [0.5, 0.6) is 0 Å². The average Bonchev–Trinajstić information content (AvgIpc) is 2.16. The minimum atomic E-state index is -4.35. The molecule has 6 heteroatoms. The highest BCUT2D eigenvalue weighted by molar-refractivity contribution is 6.78. The van der Waals surface area contributed by atoms with Crippen LogP contribution in [0.2, 0.25) is 6.04 Å². The molecule has 0 aliphatic carbocycles. The van der Waals surface area contributed by atoms with Gasteiger partial charge in [-0.05, 0) is 5.19 Å². The smallest absolute Gasteiger partial charge is 0.389 e. The van der Waals surface area contributed by atoms with Gasteiger partial charge in [0.15, 0.2) is 0 Å². The fraction of sp³-hybridized carbons (Fsp3) is 0.333. The number of benzene rings is 1. The average molecular weight is 236 g/mol. The molecule has 0 amide bonds. The second-order valence-corrected chi connectivity index (χ2v) is 6.01. The Morgan fingerprint density at radius 1 is 1.07 bits per heavy atom. The quantitative estimate of drug-likeness (QED) is 0.776. The van der Waals surface area contributed by atoms with Crippen LogP contribution in [0.1, 0.15) is 6.42 Å². The lowest BCUT2D eigenvalue weighted by molar-refractivity contribution is -0.131. The number of alkyl halides is 3. The van der Waals surface area contributed by atoms with Crippen molar-refractivity contribution in [1.82, 2.24) is 0 Å². The Bertz CT molecular complexity index is 311. The molecule has 1 aromatic rings. The summed E-state index contributed by atoms with van der Waals surface area (Å²) in [5.41, 5.74) is 0. The summed E-state index contributed by atoms with van der Waals surface area (Å²) in [7, 11) is -3.91. The van der Waals surface area contributed by atoms with Crippen molar-refractivity contribution >= 4 is 13.7 Å². The molecule has 0 unspecified atom stereocenters. The van der Waals surface area contributed by atoms with E-state index in [9.17, 15) is 22.8 Å². The third-order valence-corrected chi connectivity index (χ3v) is 4.20. The molecule has 0 heterocycles. The van der Waals surface area contributed by atoms with Crippen LogP contribution < -0.4 is 5.19 Å². The topological polar surface area (TPSA) is 40.5 Å². The Hall–Kier alpha value is -0.853. The van der Waals surface area contributed by atoms with Crippen LogP contribution in [0.4, 0.5) is 13.2 Å².